The van der Waals surface area contributed by atoms with E-state index in [1.165, 1.54) is 44.5 Å². The van der Waals surface area contributed by atoms with E-state index in [0.717, 1.165) is 17.6 Å². The summed E-state index contributed by atoms with van der Waals surface area (Å²) < 4.78 is 1.14. The zero-order valence-corrected chi connectivity index (χ0v) is 11.9. The lowest BCUT2D eigenvalue weighted by atomic mass is 10.2. The van der Waals surface area contributed by atoms with E-state index in [0.29, 0.717) is 0 Å². The summed E-state index contributed by atoms with van der Waals surface area (Å²) in [6, 6.07) is 8.37. The quantitative estimate of drug-likeness (QED) is 0.911. The zero-order valence-electron chi connectivity index (χ0n) is 10.3. The van der Waals surface area contributed by atoms with Gasteiger partial charge in [0.15, 0.2) is 0 Å². The molecular formula is C14H21BrN2. The molecule has 0 radical (unpaired) electrons. The summed E-state index contributed by atoms with van der Waals surface area (Å²) >= 11 is 3.49. The third kappa shape index (κ3) is 4.68. The fourth-order valence-electron chi connectivity index (χ4n) is 2.32. The first-order valence-corrected chi connectivity index (χ1v) is 7.36. The second-order valence-electron chi connectivity index (χ2n) is 4.69. The van der Waals surface area contributed by atoms with Gasteiger partial charge >= 0.3 is 0 Å². The summed E-state index contributed by atoms with van der Waals surface area (Å²) in [5.74, 6) is 0. The molecule has 1 aliphatic rings. The fraction of sp³-hybridized carbons (Fsp3) is 0.571. The van der Waals surface area contributed by atoms with Gasteiger partial charge in [0.05, 0.1) is 0 Å². The predicted molar refractivity (Wildman–Crippen MR) is 77.5 cm³/mol. The molecule has 1 saturated heterocycles. The van der Waals surface area contributed by atoms with Crippen LogP contribution >= 0.6 is 15.9 Å². The molecule has 1 fully saturated rings. The van der Waals surface area contributed by atoms with Gasteiger partial charge in [0, 0.05) is 23.2 Å². The van der Waals surface area contributed by atoms with Crippen LogP contribution in [0.1, 0.15) is 25.7 Å². The van der Waals surface area contributed by atoms with Gasteiger partial charge in [0.2, 0.25) is 0 Å². The van der Waals surface area contributed by atoms with E-state index in [-0.39, 0.29) is 0 Å². The van der Waals surface area contributed by atoms with Gasteiger partial charge in [-0.05, 0) is 44.1 Å². The second kappa shape index (κ2) is 7.02. The van der Waals surface area contributed by atoms with Crippen molar-refractivity contribution in [3.05, 3.63) is 28.7 Å². The molecule has 0 aliphatic carbocycles. The number of rotatable bonds is 4. The van der Waals surface area contributed by atoms with E-state index in [9.17, 15) is 0 Å². The Morgan fingerprint density at radius 3 is 2.59 bits per heavy atom. The molecule has 2 rings (SSSR count). The van der Waals surface area contributed by atoms with Gasteiger partial charge in [-0.3, -0.25) is 0 Å². The molecule has 17 heavy (non-hydrogen) atoms. The zero-order chi connectivity index (χ0) is 11.9. The van der Waals surface area contributed by atoms with Gasteiger partial charge in [0.1, 0.15) is 0 Å². The maximum Gasteiger partial charge on any atom is 0.0351 e. The summed E-state index contributed by atoms with van der Waals surface area (Å²) in [7, 11) is 0. The molecule has 1 N–H and O–H groups in total. The first kappa shape index (κ1) is 12.9. The molecular weight excluding hydrogens is 276 g/mol. The Hall–Kier alpha value is -0.540. The molecule has 0 bridgehead atoms. The van der Waals surface area contributed by atoms with Crippen molar-refractivity contribution in [2.75, 3.05) is 31.5 Å². The Kier molecular flexibility index (Phi) is 5.33. The lowest BCUT2D eigenvalue weighted by Gasteiger charge is -2.20. The van der Waals surface area contributed by atoms with Gasteiger partial charge in [-0.2, -0.15) is 0 Å². The highest BCUT2D eigenvalue weighted by Crippen LogP contribution is 2.15. The second-order valence-corrected chi connectivity index (χ2v) is 5.61. The highest BCUT2D eigenvalue weighted by Gasteiger charge is 2.07. The largest absolute Gasteiger partial charge is 0.384 e. The van der Waals surface area contributed by atoms with Crippen LogP contribution in [0.2, 0.25) is 0 Å². The van der Waals surface area contributed by atoms with Gasteiger partial charge in [-0.1, -0.05) is 34.8 Å². The molecule has 0 spiro atoms. The molecule has 1 aromatic carbocycles. The van der Waals surface area contributed by atoms with Crippen LogP contribution in [0.5, 0.6) is 0 Å². The monoisotopic (exact) mass is 296 g/mol. The summed E-state index contributed by atoms with van der Waals surface area (Å²) in [6.07, 6.45) is 5.57. The van der Waals surface area contributed by atoms with E-state index in [1.807, 2.05) is 0 Å². The van der Waals surface area contributed by atoms with Crippen molar-refractivity contribution in [2.24, 2.45) is 0 Å². The lowest BCUT2D eigenvalue weighted by molar-refractivity contribution is 0.296. The lowest BCUT2D eigenvalue weighted by Crippen LogP contribution is -2.29. The van der Waals surface area contributed by atoms with Gasteiger partial charge < -0.3 is 10.2 Å². The predicted octanol–water partition coefficient (Wildman–Crippen LogP) is 3.74. The minimum absolute atomic E-state index is 1.04. The van der Waals surface area contributed by atoms with Crippen LogP contribution in [0, 0.1) is 0 Å². The van der Waals surface area contributed by atoms with Crippen molar-refractivity contribution in [1.82, 2.24) is 4.90 Å². The van der Waals surface area contributed by atoms with Crippen molar-refractivity contribution in [1.29, 1.82) is 0 Å². The summed E-state index contributed by atoms with van der Waals surface area (Å²) in [5, 5.41) is 3.48. The number of nitrogens with one attached hydrogen (secondary N) is 1. The van der Waals surface area contributed by atoms with Crippen molar-refractivity contribution in [3.63, 3.8) is 0 Å². The molecule has 0 unspecified atom stereocenters. The number of benzene rings is 1. The molecule has 0 atom stereocenters. The Balaban J connectivity index is 1.71. The molecule has 0 saturated carbocycles. The number of hydrogen-bond acceptors (Lipinski definition) is 2. The molecule has 2 nitrogen and oxygen atoms in total. The number of likely N-dealkylation sites (tertiary alicyclic amines) is 1. The highest BCUT2D eigenvalue weighted by atomic mass is 79.9. The van der Waals surface area contributed by atoms with Crippen LogP contribution in [-0.4, -0.2) is 31.1 Å². The maximum atomic E-state index is 3.49. The number of hydrogen-bond donors (Lipinski definition) is 1. The van der Waals surface area contributed by atoms with E-state index >= 15 is 0 Å². The topological polar surface area (TPSA) is 15.3 Å². The number of nitrogens with zero attached hydrogens (tertiary/aromatic N) is 1. The minimum atomic E-state index is 1.04. The Labute approximate surface area is 113 Å². The minimum Gasteiger partial charge on any atom is -0.384 e. The van der Waals surface area contributed by atoms with Crippen LogP contribution in [0.15, 0.2) is 28.7 Å². The molecule has 1 heterocycles. The average molecular weight is 297 g/mol. The third-order valence-electron chi connectivity index (χ3n) is 3.28. The Morgan fingerprint density at radius 2 is 1.88 bits per heavy atom. The normalized spacial score (nSPS) is 17.7. The number of halogens is 1. The summed E-state index contributed by atoms with van der Waals surface area (Å²) in [6.45, 7) is 4.75. The van der Waals surface area contributed by atoms with Gasteiger partial charge in [-0.25, -0.2) is 0 Å². The summed E-state index contributed by atoms with van der Waals surface area (Å²) in [4.78, 5) is 2.58. The van der Waals surface area contributed by atoms with Crippen molar-refractivity contribution < 1.29 is 0 Å². The van der Waals surface area contributed by atoms with Crippen LogP contribution in [0.4, 0.5) is 5.69 Å². The first-order chi connectivity index (χ1) is 8.34. The van der Waals surface area contributed by atoms with Gasteiger partial charge in [0.25, 0.3) is 0 Å². The molecule has 0 aromatic heterocycles. The molecule has 1 aliphatic heterocycles. The van der Waals surface area contributed by atoms with Crippen molar-refractivity contribution in [3.8, 4) is 0 Å². The van der Waals surface area contributed by atoms with Crippen molar-refractivity contribution in [2.45, 2.75) is 25.7 Å². The molecule has 0 amide bonds. The Morgan fingerprint density at radius 1 is 1.12 bits per heavy atom. The molecule has 3 heteroatoms. The van der Waals surface area contributed by atoms with Crippen LogP contribution in [0.3, 0.4) is 0 Å². The molecule has 94 valence electrons. The maximum absolute atomic E-state index is 3.49. The van der Waals surface area contributed by atoms with E-state index in [1.54, 1.807) is 0 Å². The number of anilines is 1. The van der Waals surface area contributed by atoms with Crippen LogP contribution in [-0.2, 0) is 0 Å². The Bertz CT molecular complexity index is 333. The van der Waals surface area contributed by atoms with E-state index < -0.39 is 0 Å². The highest BCUT2D eigenvalue weighted by molar-refractivity contribution is 9.10. The average Bonchev–Trinajstić information content (AvgIpc) is 2.58. The SMILES string of the molecule is Brc1cccc(NCCN2CCCCCC2)c1. The third-order valence-corrected chi connectivity index (χ3v) is 3.77. The standard InChI is InChI=1S/C14H21BrN2/c15-13-6-5-7-14(12-13)16-8-11-17-9-3-1-2-4-10-17/h5-7,12,16H,1-4,8-11H2. The van der Waals surface area contributed by atoms with Crippen molar-refractivity contribution >= 4 is 21.6 Å². The van der Waals surface area contributed by atoms with Gasteiger partial charge in [-0.15, -0.1) is 0 Å². The molecule has 1 aromatic rings. The fourth-order valence-corrected chi connectivity index (χ4v) is 2.72. The summed E-state index contributed by atoms with van der Waals surface area (Å²) in [5.41, 5.74) is 1.20. The smallest absolute Gasteiger partial charge is 0.0351 e. The van der Waals surface area contributed by atoms with E-state index in [2.05, 4.69) is 50.4 Å². The van der Waals surface area contributed by atoms with E-state index in [4.69, 9.17) is 0 Å². The van der Waals surface area contributed by atoms with Crippen LogP contribution in [0.25, 0.3) is 0 Å². The van der Waals surface area contributed by atoms with Crippen LogP contribution < -0.4 is 5.32 Å². The first-order valence-electron chi connectivity index (χ1n) is 6.56.